The van der Waals surface area contributed by atoms with Gasteiger partial charge in [0.1, 0.15) is 11.2 Å². The van der Waals surface area contributed by atoms with E-state index in [2.05, 4.69) is 4.98 Å². The number of aromatic nitrogens is 2. The van der Waals surface area contributed by atoms with E-state index in [-0.39, 0.29) is 34.8 Å². The Hall–Kier alpha value is -3.46. The first kappa shape index (κ1) is 21.4. The average Bonchev–Trinajstić information content (AvgIpc) is 3.55. The van der Waals surface area contributed by atoms with Gasteiger partial charge in [0, 0.05) is 57.1 Å². The van der Waals surface area contributed by atoms with Crippen molar-refractivity contribution in [2.24, 2.45) is 5.73 Å². The molecule has 1 saturated heterocycles. The van der Waals surface area contributed by atoms with E-state index in [0.29, 0.717) is 18.7 Å². The fourth-order valence-corrected chi connectivity index (χ4v) is 4.62. The smallest absolute Gasteiger partial charge is 0.341 e. The zero-order chi connectivity index (χ0) is 23.4. The van der Waals surface area contributed by atoms with Crippen molar-refractivity contribution >= 4 is 28.5 Å². The van der Waals surface area contributed by atoms with E-state index < -0.39 is 17.2 Å². The number of hydrogen-bond donors (Lipinski definition) is 2. The number of fused-ring (bicyclic) bond motifs is 1. The van der Waals surface area contributed by atoms with E-state index >= 15 is 4.39 Å². The first-order valence-corrected chi connectivity index (χ1v) is 11.0. The van der Waals surface area contributed by atoms with Crippen molar-refractivity contribution < 1.29 is 14.3 Å². The number of pyridine rings is 2. The summed E-state index contributed by atoms with van der Waals surface area (Å²) in [5.74, 6) is -1.82. The van der Waals surface area contributed by atoms with E-state index in [0.717, 1.165) is 30.2 Å². The summed E-state index contributed by atoms with van der Waals surface area (Å²) in [6, 6.07) is 9.16. The van der Waals surface area contributed by atoms with Crippen LogP contribution < -0.4 is 21.0 Å². The highest BCUT2D eigenvalue weighted by Gasteiger charge is 2.34. The lowest BCUT2D eigenvalue weighted by Gasteiger charge is -2.20. The van der Waals surface area contributed by atoms with Crippen LogP contribution in [-0.2, 0) is 0 Å². The summed E-state index contributed by atoms with van der Waals surface area (Å²) in [6.45, 7) is 0.926. The summed E-state index contributed by atoms with van der Waals surface area (Å²) in [5.41, 5.74) is 7.84. The third kappa shape index (κ3) is 3.72. The number of rotatable bonds is 5. The van der Waals surface area contributed by atoms with E-state index in [4.69, 9.17) is 5.73 Å². The molecule has 1 aromatic carbocycles. The Balaban J connectivity index is 1.53. The van der Waals surface area contributed by atoms with Gasteiger partial charge in [0.15, 0.2) is 11.6 Å². The number of carbonyl (C=O) groups is 1. The van der Waals surface area contributed by atoms with Gasteiger partial charge in [-0.3, -0.25) is 4.79 Å². The second-order valence-corrected chi connectivity index (χ2v) is 9.14. The maximum absolute atomic E-state index is 15.2. The van der Waals surface area contributed by atoms with Crippen LogP contribution >= 0.6 is 0 Å². The van der Waals surface area contributed by atoms with E-state index in [1.54, 1.807) is 4.57 Å². The molecule has 33 heavy (non-hydrogen) atoms. The van der Waals surface area contributed by atoms with E-state index in [9.17, 15) is 14.7 Å². The predicted molar refractivity (Wildman–Crippen MR) is 125 cm³/mol. The summed E-state index contributed by atoms with van der Waals surface area (Å²) in [7, 11) is 3.96. The highest BCUT2D eigenvalue weighted by Crippen LogP contribution is 2.38. The zero-order valence-electron chi connectivity index (χ0n) is 18.5. The molecular formula is C24H26FN5O3. The van der Waals surface area contributed by atoms with Crippen LogP contribution in [0.3, 0.4) is 0 Å². The molecule has 0 radical (unpaired) electrons. The summed E-state index contributed by atoms with van der Waals surface area (Å²) < 4.78 is 16.9. The highest BCUT2D eigenvalue weighted by atomic mass is 19.1. The summed E-state index contributed by atoms with van der Waals surface area (Å²) in [4.78, 5) is 32.6. The molecule has 3 heterocycles. The van der Waals surface area contributed by atoms with Crippen molar-refractivity contribution in [2.45, 2.75) is 30.8 Å². The third-order valence-corrected chi connectivity index (χ3v) is 6.61. The van der Waals surface area contributed by atoms with Crippen LogP contribution in [0.4, 0.5) is 15.9 Å². The molecule has 3 N–H and O–H groups in total. The Kier molecular flexibility index (Phi) is 5.08. The molecule has 9 heteroatoms. The lowest BCUT2D eigenvalue weighted by molar-refractivity contribution is 0.0695. The Bertz CT molecular complexity index is 1300. The molecule has 5 rings (SSSR count). The molecule has 172 valence electrons. The van der Waals surface area contributed by atoms with Gasteiger partial charge in [-0.25, -0.2) is 14.2 Å². The van der Waals surface area contributed by atoms with Crippen LogP contribution in [-0.4, -0.2) is 53.9 Å². The quantitative estimate of drug-likeness (QED) is 0.614. The van der Waals surface area contributed by atoms with Gasteiger partial charge in [-0.15, -0.1) is 0 Å². The van der Waals surface area contributed by atoms with Crippen LogP contribution in [0.25, 0.3) is 11.0 Å². The molecule has 3 aromatic rings. The Labute approximate surface area is 190 Å². The second-order valence-electron chi connectivity index (χ2n) is 9.14. The highest BCUT2D eigenvalue weighted by molar-refractivity contribution is 5.92. The second kappa shape index (κ2) is 7.84. The number of nitrogens with two attached hydrogens (primary N) is 1. The monoisotopic (exact) mass is 451 g/mol. The van der Waals surface area contributed by atoms with Gasteiger partial charge in [-0.2, -0.15) is 0 Å². The normalized spacial score (nSPS) is 20.4. The lowest BCUT2D eigenvalue weighted by atomic mass is 9.95. The molecule has 8 nitrogen and oxygen atoms in total. The standard InChI is InChI=1S/C24H26FN5O3/c1-28(2)14-5-3-13(4-6-14)17-10-29(12-20(17)26)23-19(25)9-16-21(31)18(24(32)33)11-30(15-7-8-15)22(16)27-23/h3-6,9,11,15,17,20H,7-8,10,12,26H2,1-2H3,(H,32,33)/t17-,20+/m0/s1. The number of hydrogen-bond acceptors (Lipinski definition) is 6. The number of carboxylic acids is 1. The van der Waals surface area contributed by atoms with Crippen LogP contribution in [0.2, 0.25) is 0 Å². The van der Waals surface area contributed by atoms with Crippen molar-refractivity contribution in [1.82, 2.24) is 9.55 Å². The number of halogens is 1. The summed E-state index contributed by atoms with van der Waals surface area (Å²) in [5, 5.41) is 9.40. The van der Waals surface area contributed by atoms with Crippen molar-refractivity contribution in [3.63, 3.8) is 0 Å². The van der Waals surface area contributed by atoms with Gasteiger partial charge in [0.2, 0.25) is 5.43 Å². The minimum Gasteiger partial charge on any atom is -0.477 e. The molecule has 2 aliphatic rings. The lowest BCUT2D eigenvalue weighted by Crippen LogP contribution is -2.29. The molecule has 0 amide bonds. The first-order valence-electron chi connectivity index (χ1n) is 11.0. The third-order valence-electron chi connectivity index (χ3n) is 6.61. The topological polar surface area (TPSA) is 105 Å². The van der Waals surface area contributed by atoms with Crippen LogP contribution in [0, 0.1) is 5.82 Å². The fourth-order valence-electron chi connectivity index (χ4n) is 4.62. The van der Waals surface area contributed by atoms with Crippen LogP contribution in [0.1, 0.15) is 40.7 Å². The molecule has 2 aromatic heterocycles. The van der Waals surface area contributed by atoms with Crippen molar-refractivity contribution in [2.75, 3.05) is 37.0 Å². The number of carboxylic acid groups (broad SMARTS) is 1. The largest absolute Gasteiger partial charge is 0.477 e. The molecule has 1 saturated carbocycles. The minimum absolute atomic E-state index is 0.0117. The van der Waals surface area contributed by atoms with Gasteiger partial charge < -0.3 is 25.2 Å². The molecule has 0 bridgehead atoms. The minimum atomic E-state index is -1.32. The SMILES string of the molecule is CN(C)c1ccc([C@@H]2CN(c3nc4c(cc3F)c(=O)c(C(=O)O)cn4C3CC3)C[C@H]2N)cc1. The molecule has 0 spiro atoms. The summed E-state index contributed by atoms with van der Waals surface area (Å²) in [6.07, 6.45) is 3.07. The zero-order valence-corrected chi connectivity index (χ0v) is 18.5. The molecule has 0 unspecified atom stereocenters. The van der Waals surface area contributed by atoms with Gasteiger partial charge in [0.25, 0.3) is 0 Å². The van der Waals surface area contributed by atoms with Gasteiger partial charge in [0.05, 0.1) is 5.39 Å². The Morgan fingerprint density at radius 1 is 1.21 bits per heavy atom. The number of aromatic carboxylic acids is 1. The predicted octanol–water partition coefficient (Wildman–Crippen LogP) is 2.57. The maximum Gasteiger partial charge on any atom is 0.341 e. The van der Waals surface area contributed by atoms with E-state index in [1.807, 2.05) is 48.2 Å². The van der Waals surface area contributed by atoms with Gasteiger partial charge in [-0.05, 0) is 36.6 Å². The average molecular weight is 452 g/mol. The molecular weight excluding hydrogens is 425 g/mol. The Morgan fingerprint density at radius 3 is 2.52 bits per heavy atom. The summed E-state index contributed by atoms with van der Waals surface area (Å²) >= 11 is 0. The molecule has 2 atom stereocenters. The van der Waals surface area contributed by atoms with Crippen molar-refractivity contribution in [3.8, 4) is 0 Å². The van der Waals surface area contributed by atoms with Crippen molar-refractivity contribution in [3.05, 3.63) is 63.7 Å². The van der Waals surface area contributed by atoms with Gasteiger partial charge in [-0.1, -0.05) is 12.1 Å². The number of nitrogens with zero attached hydrogens (tertiary/aromatic N) is 4. The first-order chi connectivity index (χ1) is 15.7. The molecule has 1 aliphatic heterocycles. The van der Waals surface area contributed by atoms with Crippen LogP contribution in [0.15, 0.2) is 41.3 Å². The van der Waals surface area contributed by atoms with Gasteiger partial charge >= 0.3 is 5.97 Å². The van der Waals surface area contributed by atoms with Crippen molar-refractivity contribution in [1.29, 1.82) is 0 Å². The Morgan fingerprint density at radius 2 is 1.91 bits per heavy atom. The maximum atomic E-state index is 15.2. The fraction of sp³-hybridized carbons (Fsp3) is 0.375. The van der Waals surface area contributed by atoms with E-state index in [1.165, 1.54) is 6.20 Å². The number of anilines is 2. The molecule has 1 aliphatic carbocycles. The number of benzene rings is 1. The molecule has 2 fully saturated rings. The van der Waals surface area contributed by atoms with Crippen LogP contribution in [0.5, 0.6) is 0 Å².